The summed E-state index contributed by atoms with van der Waals surface area (Å²) in [5.41, 5.74) is 1.14. The van der Waals surface area contributed by atoms with Crippen LogP contribution in [0.25, 0.3) is 12.0 Å². The van der Waals surface area contributed by atoms with Crippen LogP contribution in [0.3, 0.4) is 0 Å². The van der Waals surface area contributed by atoms with Gasteiger partial charge in [0.2, 0.25) is 0 Å². The second-order valence-electron chi connectivity index (χ2n) is 4.92. The Hall–Kier alpha value is -3.28. The molecule has 130 valence electrons. The van der Waals surface area contributed by atoms with Gasteiger partial charge in [0, 0.05) is 5.56 Å². The first-order chi connectivity index (χ1) is 12.1. The van der Waals surface area contributed by atoms with Crippen molar-refractivity contribution in [2.24, 2.45) is 0 Å². The number of carbonyl (C=O) groups excluding carboxylic acids is 2. The van der Waals surface area contributed by atoms with Crippen LogP contribution in [-0.4, -0.2) is 37.3 Å². The van der Waals surface area contributed by atoms with Crippen LogP contribution in [0.15, 0.2) is 55.1 Å². The standard InChI is InChI=1S/C19H19NO5/c1-4-12-25-17(14-8-6-5-7-9-14)13-20-15(18(21)23-2)10-11-16(20)19(22)24-3/h4-11,13H,1,12H2,2-3H3/b17-13-. The first-order valence-electron chi connectivity index (χ1n) is 7.51. The van der Waals surface area contributed by atoms with E-state index in [1.54, 1.807) is 12.3 Å². The molecule has 6 nitrogen and oxygen atoms in total. The van der Waals surface area contributed by atoms with E-state index in [9.17, 15) is 9.59 Å². The van der Waals surface area contributed by atoms with Crippen LogP contribution in [0, 0.1) is 0 Å². The summed E-state index contributed by atoms with van der Waals surface area (Å²) in [6.07, 6.45) is 3.16. The molecule has 0 unspecified atom stereocenters. The maximum absolute atomic E-state index is 12.0. The second-order valence-corrected chi connectivity index (χ2v) is 4.92. The number of methoxy groups -OCH3 is 2. The number of hydrogen-bond acceptors (Lipinski definition) is 5. The van der Waals surface area contributed by atoms with Gasteiger partial charge in [-0.25, -0.2) is 9.59 Å². The van der Waals surface area contributed by atoms with E-state index in [2.05, 4.69) is 6.58 Å². The molecular weight excluding hydrogens is 322 g/mol. The summed E-state index contributed by atoms with van der Waals surface area (Å²) in [6.45, 7) is 3.90. The second kappa shape index (κ2) is 8.54. The number of hydrogen-bond donors (Lipinski definition) is 0. The van der Waals surface area contributed by atoms with E-state index in [0.717, 1.165) is 5.56 Å². The normalized spacial score (nSPS) is 10.9. The zero-order valence-corrected chi connectivity index (χ0v) is 14.1. The fourth-order valence-corrected chi connectivity index (χ4v) is 2.19. The highest BCUT2D eigenvalue weighted by Crippen LogP contribution is 2.21. The van der Waals surface area contributed by atoms with E-state index < -0.39 is 11.9 Å². The summed E-state index contributed by atoms with van der Waals surface area (Å²) in [6, 6.07) is 12.3. The van der Waals surface area contributed by atoms with Gasteiger partial charge in [-0.2, -0.15) is 0 Å². The number of ether oxygens (including phenoxy) is 3. The van der Waals surface area contributed by atoms with Gasteiger partial charge in [-0.15, -0.1) is 0 Å². The van der Waals surface area contributed by atoms with Gasteiger partial charge in [0.1, 0.15) is 23.8 Å². The van der Waals surface area contributed by atoms with Crippen LogP contribution >= 0.6 is 0 Å². The average Bonchev–Trinajstić information content (AvgIpc) is 3.08. The van der Waals surface area contributed by atoms with E-state index in [0.29, 0.717) is 5.76 Å². The quantitative estimate of drug-likeness (QED) is 0.439. The largest absolute Gasteiger partial charge is 0.487 e. The fourth-order valence-electron chi connectivity index (χ4n) is 2.19. The van der Waals surface area contributed by atoms with Gasteiger partial charge in [0.05, 0.1) is 20.4 Å². The summed E-state index contributed by atoms with van der Waals surface area (Å²) >= 11 is 0. The van der Waals surface area contributed by atoms with Crippen LogP contribution in [0.1, 0.15) is 26.5 Å². The van der Waals surface area contributed by atoms with Crippen LogP contribution in [0.5, 0.6) is 0 Å². The maximum atomic E-state index is 12.0. The maximum Gasteiger partial charge on any atom is 0.355 e. The Kier molecular flexibility index (Phi) is 6.17. The van der Waals surface area contributed by atoms with Gasteiger partial charge in [0.25, 0.3) is 0 Å². The number of aromatic nitrogens is 1. The van der Waals surface area contributed by atoms with Crippen LogP contribution in [0.4, 0.5) is 0 Å². The minimum atomic E-state index is -0.581. The molecule has 0 atom stereocenters. The first-order valence-corrected chi connectivity index (χ1v) is 7.51. The lowest BCUT2D eigenvalue weighted by atomic mass is 10.2. The van der Waals surface area contributed by atoms with E-state index in [1.807, 2.05) is 30.3 Å². The zero-order chi connectivity index (χ0) is 18.2. The van der Waals surface area contributed by atoms with Gasteiger partial charge in [-0.05, 0) is 12.1 Å². The molecule has 0 spiro atoms. The Labute approximate surface area is 145 Å². The summed E-state index contributed by atoms with van der Waals surface area (Å²) < 4.78 is 16.6. The Bertz CT molecular complexity index is 756. The highest BCUT2D eigenvalue weighted by Gasteiger charge is 2.20. The predicted molar refractivity (Wildman–Crippen MR) is 93.9 cm³/mol. The summed E-state index contributed by atoms with van der Waals surface area (Å²) in [5, 5.41) is 0. The molecule has 0 aliphatic rings. The van der Waals surface area contributed by atoms with Gasteiger partial charge in [-0.3, -0.25) is 0 Å². The van der Waals surface area contributed by atoms with Gasteiger partial charge in [0.15, 0.2) is 0 Å². The van der Waals surface area contributed by atoms with Gasteiger partial charge in [-0.1, -0.05) is 43.0 Å². The van der Waals surface area contributed by atoms with Gasteiger partial charge >= 0.3 is 11.9 Å². The lowest BCUT2D eigenvalue weighted by Gasteiger charge is -2.12. The number of carbonyl (C=O) groups is 2. The number of esters is 2. The lowest BCUT2D eigenvalue weighted by molar-refractivity contribution is 0.0585. The third kappa shape index (κ3) is 4.17. The smallest absolute Gasteiger partial charge is 0.355 e. The molecule has 0 saturated heterocycles. The minimum Gasteiger partial charge on any atom is -0.487 e. The Balaban J connectivity index is 2.60. The van der Waals surface area contributed by atoms with Gasteiger partial charge < -0.3 is 18.8 Å². The van der Waals surface area contributed by atoms with Crippen molar-refractivity contribution in [3.8, 4) is 0 Å². The van der Waals surface area contributed by atoms with E-state index in [4.69, 9.17) is 14.2 Å². The van der Waals surface area contributed by atoms with Crippen molar-refractivity contribution < 1.29 is 23.8 Å². The SMILES string of the molecule is C=CCO/C(=C\n1c(C(=O)OC)ccc1C(=O)OC)c1ccccc1. The van der Waals surface area contributed by atoms with Crippen LogP contribution in [-0.2, 0) is 14.2 Å². The van der Waals surface area contributed by atoms with Crippen molar-refractivity contribution in [3.63, 3.8) is 0 Å². The molecule has 0 amide bonds. The van der Waals surface area contributed by atoms with Crippen LogP contribution < -0.4 is 0 Å². The van der Waals surface area contributed by atoms with E-state index in [1.165, 1.54) is 30.9 Å². The van der Waals surface area contributed by atoms with Crippen molar-refractivity contribution in [2.75, 3.05) is 20.8 Å². The molecule has 25 heavy (non-hydrogen) atoms. The summed E-state index contributed by atoms with van der Waals surface area (Å²) in [7, 11) is 2.54. The van der Waals surface area contributed by atoms with Crippen molar-refractivity contribution in [2.45, 2.75) is 0 Å². The predicted octanol–water partition coefficient (Wildman–Crippen LogP) is 3.22. The number of rotatable bonds is 7. The van der Waals surface area contributed by atoms with Crippen molar-refractivity contribution in [1.82, 2.24) is 4.57 Å². The Morgan fingerprint density at radius 2 is 1.56 bits per heavy atom. The molecule has 0 N–H and O–H groups in total. The summed E-state index contributed by atoms with van der Waals surface area (Å²) in [5.74, 6) is -0.697. The molecule has 0 saturated carbocycles. The molecule has 1 aromatic carbocycles. The fraction of sp³-hybridized carbons (Fsp3) is 0.158. The molecule has 0 fully saturated rings. The van der Waals surface area contributed by atoms with Crippen molar-refractivity contribution in [1.29, 1.82) is 0 Å². The summed E-state index contributed by atoms with van der Waals surface area (Å²) in [4.78, 5) is 24.0. The lowest BCUT2D eigenvalue weighted by Crippen LogP contribution is -2.13. The third-order valence-corrected chi connectivity index (χ3v) is 3.37. The average molecular weight is 341 g/mol. The molecule has 2 rings (SSSR count). The zero-order valence-electron chi connectivity index (χ0n) is 14.1. The molecule has 2 aromatic rings. The molecule has 0 aliphatic heterocycles. The third-order valence-electron chi connectivity index (χ3n) is 3.37. The number of nitrogens with zero attached hydrogens (tertiary/aromatic N) is 1. The molecular formula is C19H19NO5. The molecule has 1 aromatic heterocycles. The van der Waals surface area contributed by atoms with Crippen molar-refractivity contribution >= 4 is 23.9 Å². The van der Waals surface area contributed by atoms with E-state index >= 15 is 0 Å². The number of benzene rings is 1. The molecule has 0 aliphatic carbocycles. The van der Waals surface area contributed by atoms with E-state index in [-0.39, 0.29) is 18.0 Å². The topological polar surface area (TPSA) is 66.8 Å². The Morgan fingerprint density at radius 3 is 2.04 bits per heavy atom. The van der Waals surface area contributed by atoms with Crippen molar-refractivity contribution in [3.05, 3.63) is 72.1 Å². The molecule has 6 heteroatoms. The highest BCUT2D eigenvalue weighted by atomic mass is 16.5. The minimum absolute atomic E-state index is 0.179. The van der Waals surface area contributed by atoms with Crippen LogP contribution in [0.2, 0.25) is 0 Å². The first kappa shape index (κ1) is 18.1. The molecule has 1 heterocycles. The molecule has 0 bridgehead atoms. The monoisotopic (exact) mass is 341 g/mol. The molecule has 0 radical (unpaired) electrons. The Morgan fingerprint density at radius 1 is 1.00 bits per heavy atom. The highest BCUT2D eigenvalue weighted by molar-refractivity contribution is 5.95.